The fourth-order valence-corrected chi connectivity index (χ4v) is 3.59. The maximum absolute atomic E-state index is 6.06. The molecule has 1 saturated heterocycles. The maximum atomic E-state index is 6.06. The summed E-state index contributed by atoms with van der Waals surface area (Å²) in [6.07, 6.45) is 6.72. The first-order chi connectivity index (χ1) is 8.16. The Hall–Kier alpha value is -0.120. The SMILES string of the molecule is CC1CCC(CN)(N(C)CCN2CCCC2)C1. The standard InChI is InChI=1S/C14H29N3/c1-13-5-6-14(11-13,12-15)16(2)9-10-17-7-3-4-8-17/h13H,3-12,15H2,1-2H3. The first kappa shape index (κ1) is 13.3. The minimum absolute atomic E-state index is 0.305. The zero-order chi connectivity index (χ0) is 12.3. The summed E-state index contributed by atoms with van der Waals surface area (Å²) in [4.78, 5) is 5.15. The quantitative estimate of drug-likeness (QED) is 0.790. The molecule has 1 aliphatic heterocycles. The average Bonchev–Trinajstić information content (AvgIpc) is 2.95. The smallest absolute Gasteiger partial charge is 0.0331 e. The van der Waals surface area contributed by atoms with Gasteiger partial charge in [0.05, 0.1) is 0 Å². The van der Waals surface area contributed by atoms with Crippen LogP contribution in [0, 0.1) is 5.92 Å². The summed E-state index contributed by atoms with van der Waals surface area (Å²) in [6, 6.07) is 0. The Bertz CT molecular complexity index is 238. The highest BCUT2D eigenvalue weighted by molar-refractivity contribution is 4.97. The van der Waals surface area contributed by atoms with Gasteiger partial charge in [0.1, 0.15) is 0 Å². The van der Waals surface area contributed by atoms with Gasteiger partial charge in [-0.15, -0.1) is 0 Å². The molecule has 2 aliphatic rings. The van der Waals surface area contributed by atoms with E-state index in [2.05, 4.69) is 23.8 Å². The van der Waals surface area contributed by atoms with Crippen molar-refractivity contribution in [1.29, 1.82) is 0 Å². The van der Waals surface area contributed by atoms with Gasteiger partial charge < -0.3 is 10.6 Å². The summed E-state index contributed by atoms with van der Waals surface area (Å²) in [6.45, 7) is 8.22. The van der Waals surface area contributed by atoms with E-state index in [4.69, 9.17) is 5.73 Å². The Labute approximate surface area is 106 Å². The van der Waals surface area contributed by atoms with Crippen molar-refractivity contribution in [2.45, 2.75) is 44.6 Å². The van der Waals surface area contributed by atoms with Crippen LogP contribution in [-0.2, 0) is 0 Å². The molecule has 2 atom stereocenters. The molecule has 2 fully saturated rings. The van der Waals surface area contributed by atoms with Crippen molar-refractivity contribution >= 4 is 0 Å². The molecule has 1 heterocycles. The molecule has 0 aromatic carbocycles. The van der Waals surface area contributed by atoms with Crippen LogP contribution in [0.4, 0.5) is 0 Å². The van der Waals surface area contributed by atoms with Gasteiger partial charge in [0, 0.05) is 25.2 Å². The molecule has 1 saturated carbocycles. The minimum Gasteiger partial charge on any atom is -0.329 e. The minimum atomic E-state index is 0.305. The van der Waals surface area contributed by atoms with Gasteiger partial charge in [0.15, 0.2) is 0 Å². The molecule has 0 amide bonds. The highest BCUT2D eigenvalue weighted by atomic mass is 15.2. The van der Waals surface area contributed by atoms with Crippen molar-refractivity contribution in [2.24, 2.45) is 11.7 Å². The second-order valence-corrected chi connectivity index (χ2v) is 6.25. The largest absolute Gasteiger partial charge is 0.329 e. The Morgan fingerprint density at radius 3 is 2.59 bits per heavy atom. The molecule has 0 aromatic heterocycles. The normalized spacial score (nSPS) is 34.9. The highest BCUT2D eigenvalue weighted by Gasteiger charge is 2.39. The Morgan fingerprint density at radius 2 is 2.06 bits per heavy atom. The lowest BCUT2D eigenvalue weighted by Gasteiger charge is -2.39. The number of hydrogen-bond acceptors (Lipinski definition) is 3. The first-order valence-electron chi connectivity index (χ1n) is 7.30. The van der Waals surface area contributed by atoms with Crippen LogP contribution < -0.4 is 5.73 Å². The number of likely N-dealkylation sites (tertiary alicyclic amines) is 1. The van der Waals surface area contributed by atoms with Gasteiger partial charge in [-0.3, -0.25) is 4.90 Å². The fourth-order valence-electron chi connectivity index (χ4n) is 3.59. The molecule has 17 heavy (non-hydrogen) atoms. The summed E-state index contributed by atoms with van der Waals surface area (Å²) in [5.74, 6) is 0.854. The summed E-state index contributed by atoms with van der Waals surface area (Å²) in [5, 5.41) is 0. The number of nitrogens with two attached hydrogens (primary N) is 1. The van der Waals surface area contributed by atoms with Gasteiger partial charge in [-0.2, -0.15) is 0 Å². The lowest BCUT2D eigenvalue weighted by molar-refractivity contribution is 0.114. The summed E-state index contributed by atoms with van der Waals surface area (Å²) in [7, 11) is 2.28. The van der Waals surface area contributed by atoms with Crippen LogP contribution in [-0.4, -0.2) is 55.1 Å². The number of hydrogen-bond donors (Lipinski definition) is 1. The van der Waals surface area contributed by atoms with Crippen molar-refractivity contribution in [2.75, 3.05) is 39.8 Å². The van der Waals surface area contributed by atoms with Crippen LogP contribution in [0.25, 0.3) is 0 Å². The molecule has 0 bridgehead atoms. The molecule has 0 spiro atoms. The summed E-state index contributed by atoms with van der Waals surface area (Å²) in [5.41, 5.74) is 6.37. The van der Waals surface area contributed by atoms with Crippen molar-refractivity contribution < 1.29 is 0 Å². The van der Waals surface area contributed by atoms with Crippen LogP contribution >= 0.6 is 0 Å². The van der Waals surface area contributed by atoms with E-state index in [9.17, 15) is 0 Å². The van der Waals surface area contributed by atoms with E-state index < -0.39 is 0 Å². The lowest BCUT2D eigenvalue weighted by atomic mass is 9.94. The predicted molar refractivity (Wildman–Crippen MR) is 73.1 cm³/mol. The summed E-state index contributed by atoms with van der Waals surface area (Å²) < 4.78 is 0. The topological polar surface area (TPSA) is 32.5 Å². The number of rotatable bonds is 5. The molecule has 2 N–H and O–H groups in total. The van der Waals surface area contributed by atoms with Gasteiger partial charge in [-0.1, -0.05) is 6.92 Å². The van der Waals surface area contributed by atoms with Crippen molar-refractivity contribution in [3.05, 3.63) is 0 Å². The third-order valence-corrected chi connectivity index (χ3v) is 4.97. The van der Waals surface area contributed by atoms with Gasteiger partial charge in [-0.25, -0.2) is 0 Å². The highest BCUT2D eigenvalue weighted by Crippen LogP contribution is 2.37. The van der Waals surface area contributed by atoms with Crippen LogP contribution in [0.5, 0.6) is 0 Å². The molecule has 1 aliphatic carbocycles. The van der Waals surface area contributed by atoms with Crippen LogP contribution in [0.2, 0.25) is 0 Å². The first-order valence-corrected chi connectivity index (χ1v) is 7.30. The number of nitrogens with zero attached hydrogens (tertiary/aromatic N) is 2. The van der Waals surface area contributed by atoms with Crippen molar-refractivity contribution in [3.8, 4) is 0 Å². The van der Waals surface area contributed by atoms with Gasteiger partial charge >= 0.3 is 0 Å². The monoisotopic (exact) mass is 239 g/mol. The fraction of sp³-hybridized carbons (Fsp3) is 1.00. The molecule has 2 unspecified atom stereocenters. The van der Waals surface area contributed by atoms with Crippen molar-refractivity contribution in [1.82, 2.24) is 9.80 Å². The van der Waals surface area contributed by atoms with E-state index in [-0.39, 0.29) is 0 Å². The second-order valence-electron chi connectivity index (χ2n) is 6.25. The molecule has 0 radical (unpaired) electrons. The molecular weight excluding hydrogens is 210 g/mol. The second kappa shape index (κ2) is 5.68. The van der Waals surface area contributed by atoms with E-state index in [1.165, 1.54) is 58.3 Å². The van der Waals surface area contributed by atoms with Gasteiger partial charge in [-0.05, 0) is 58.2 Å². The van der Waals surface area contributed by atoms with E-state index in [0.29, 0.717) is 5.54 Å². The number of likely N-dealkylation sites (N-methyl/N-ethyl adjacent to an activating group) is 1. The molecule has 3 nitrogen and oxygen atoms in total. The molecule has 0 aromatic rings. The van der Waals surface area contributed by atoms with E-state index in [1.54, 1.807) is 0 Å². The van der Waals surface area contributed by atoms with Crippen LogP contribution in [0.1, 0.15) is 39.0 Å². The van der Waals surface area contributed by atoms with Crippen molar-refractivity contribution in [3.63, 3.8) is 0 Å². The van der Waals surface area contributed by atoms with E-state index in [0.717, 1.165) is 12.5 Å². The van der Waals surface area contributed by atoms with Gasteiger partial charge in [0.25, 0.3) is 0 Å². The molecule has 3 heteroatoms. The molecule has 2 rings (SSSR count). The predicted octanol–water partition coefficient (Wildman–Crippen LogP) is 1.53. The third-order valence-electron chi connectivity index (χ3n) is 4.97. The Morgan fingerprint density at radius 1 is 1.35 bits per heavy atom. The lowest BCUT2D eigenvalue weighted by Crippen LogP contribution is -2.52. The van der Waals surface area contributed by atoms with E-state index >= 15 is 0 Å². The maximum Gasteiger partial charge on any atom is 0.0331 e. The van der Waals surface area contributed by atoms with Crippen LogP contribution in [0.15, 0.2) is 0 Å². The zero-order valence-corrected chi connectivity index (χ0v) is 11.6. The Kier molecular flexibility index (Phi) is 4.45. The zero-order valence-electron chi connectivity index (χ0n) is 11.6. The third kappa shape index (κ3) is 3.01. The average molecular weight is 239 g/mol. The van der Waals surface area contributed by atoms with Crippen LogP contribution in [0.3, 0.4) is 0 Å². The van der Waals surface area contributed by atoms with E-state index in [1.807, 2.05) is 0 Å². The van der Waals surface area contributed by atoms with Gasteiger partial charge in [0.2, 0.25) is 0 Å². The molecule has 100 valence electrons. The summed E-state index contributed by atoms with van der Waals surface area (Å²) >= 11 is 0. The Balaban J connectivity index is 1.82. The molecular formula is C14H29N3.